The molecule has 0 atom stereocenters. The Balaban J connectivity index is 1.95. The van der Waals surface area contributed by atoms with Gasteiger partial charge in [0.1, 0.15) is 5.82 Å². The van der Waals surface area contributed by atoms with Crippen molar-refractivity contribution < 1.29 is 14.0 Å². The molecule has 0 saturated carbocycles. The second kappa shape index (κ2) is 8.83. The molecule has 0 aliphatic carbocycles. The summed E-state index contributed by atoms with van der Waals surface area (Å²) in [4.78, 5) is 25.2. The topological polar surface area (TPSA) is 49.4 Å². The van der Waals surface area contributed by atoms with Crippen LogP contribution in [0.5, 0.6) is 0 Å². The van der Waals surface area contributed by atoms with Crippen molar-refractivity contribution in [3.05, 3.63) is 63.9 Å². The third-order valence-corrected chi connectivity index (χ3v) is 3.96. The molecule has 0 heterocycles. The maximum atomic E-state index is 13.7. The first-order valence-electron chi connectivity index (χ1n) is 7.60. The van der Waals surface area contributed by atoms with Gasteiger partial charge in [-0.15, -0.1) is 0 Å². The van der Waals surface area contributed by atoms with Crippen molar-refractivity contribution >= 4 is 40.7 Å². The van der Waals surface area contributed by atoms with Crippen molar-refractivity contribution in [2.75, 3.05) is 11.9 Å². The summed E-state index contributed by atoms with van der Waals surface area (Å²) in [5, 5.41) is 3.49. The Labute approximate surface area is 155 Å². The number of anilines is 1. The molecule has 4 nitrogen and oxygen atoms in total. The van der Waals surface area contributed by atoms with E-state index in [4.69, 9.17) is 23.2 Å². The molecule has 1 N–H and O–H groups in total. The van der Waals surface area contributed by atoms with E-state index in [9.17, 15) is 14.0 Å². The monoisotopic (exact) mass is 382 g/mol. The quantitative estimate of drug-likeness (QED) is 0.798. The van der Waals surface area contributed by atoms with Crippen molar-refractivity contribution in [3.8, 4) is 0 Å². The van der Waals surface area contributed by atoms with E-state index in [2.05, 4.69) is 5.32 Å². The SMILES string of the molecule is CC(=O)N(CCC(=O)Nc1cc(Cl)cc(Cl)c1)Cc1ccccc1F. The van der Waals surface area contributed by atoms with Crippen LogP contribution in [-0.4, -0.2) is 23.3 Å². The molecular weight excluding hydrogens is 366 g/mol. The lowest BCUT2D eigenvalue weighted by Crippen LogP contribution is -2.31. The van der Waals surface area contributed by atoms with Gasteiger partial charge in [-0.05, 0) is 24.3 Å². The number of rotatable bonds is 6. The summed E-state index contributed by atoms with van der Waals surface area (Å²) in [5.74, 6) is -0.910. The molecule has 0 saturated heterocycles. The molecule has 7 heteroatoms. The maximum Gasteiger partial charge on any atom is 0.226 e. The Hall–Kier alpha value is -2.11. The van der Waals surface area contributed by atoms with E-state index < -0.39 is 0 Å². The van der Waals surface area contributed by atoms with Crippen molar-refractivity contribution in [3.63, 3.8) is 0 Å². The molecular formula is C18H17Cl2FN2O2. The maximum absolute atomic E-state index is 13.7. The van der Waals surface area contributed by atoms with Crippen molar-refractivity contribution in [2.45, 2.75) is 19.9 Å². The number of carbonyl (C=O) groups is 2. The lowest BCUT2D eigenvalue weighted by atomic mass is 10.2. The van der Waals surface area contributed by atoms with Gasteiger partial charge in [0.15, 0.2) is 0 Å². The van der Waals surface area contributed by atoms with Gasteiger partial charge in [-0.3, -0.25) is 9.59 Å². The van der Waals surface area contributed by atoms with Gasteiger partial charge in [0, 0.05) is 47.7 Å². The zero-order valence-electron chi connectivity index (χ0n) is 13.6. The number of nitrogens with one attached hydrogen (secondary N) is 1. The van der Waals surface area contributed by atoms with Crippen LogP contribution < -0.4 is 5.32 Å². The van der Waals surface area contributed by atoms with Gasteiger partial charge in [0.25, 0.3) is 0 Å². The smallest absolute Gasteiger partial charge is 0.226 e. The van der Waals surface area contributed by atoms with Crippen LogP contribution in [0.4, 0.5) is 10.1 Å². The summed E-state index contributed by atoms with van der Waals surface area (Å²) < 4.78 is 13.7. The molecule has 2 amide bonds. The number of hydrogen-bond donors (Lipinski definition) is 1. The summed E-state index contributed by atoms with van der Waals surface area (Å²) in [6, 6.07) is 10.9. The summed E-state index contributed by atoms with van der Waals surface area (Å²) in [5.41, 5.74) is 0.880. The minimum atomic E-state index is -0.383. The normalized spacial score (nSPS) is 10.4. The van der Waals surface area contributed by atoms with Crippen molar-refractivity contribution in [2.24, 2.45) is 0 Å². The van der Waals surface area contributed by atoms with Gasteiger partial charge < -0.3 is 10.2 Å². The summed E-state index contributed by atoms with van der Waals surface area (Å²) >= 11 is 11.8. The zero-order valence-corrected chi connectivity index (χ0v) is 15.1. The third-order valence-electron chi connectivity index (χ3n) is 3.52. The van der Waals surface area contributed by atoms with E-state index in [1.165, 1.54) is 17.9 Å². The Bertz CT molecular complexity index is 763. The van der Waals surface area contributed by atoms with Gasteiger partial charge in [-0.2, -0.15) is 0 Å². The van der Waals surface area contributed by atoms with E-state index in [-0.39, 0.29) is 37.1 Å². The van der Waals surface area contributed by atoms with Crippen LogP contribution in [0.25, 0.3) is 0 Å². The van der Waals surface area contributed by atoms with E-state index in [0.717, 1.165) is 0 Å². The van der Waals surface area contributed by atoms with E-state index in [0.29, 0.717) is 21.3 Å². The third kappa shape index (κ3) is 6.03. The van der Waals surface area contributed by atoms with Gasteiger partial charge in [0.2, 0.25) is 11.8 Å². The predicted octanol–water partition coefficient (Wildman–Crippen LogP) is 4.51. The fourth-order valence-electron chi connectivity index (χ4n) is 2.27. The number of halogens is 3. The van der Waals surface area contributed by atoms with Crippen molar-refractivity contribution in [1.82, 2.24) is 4.90 Å². The summed E-state index contributed by atoms with van der Waals surface area (Å²) in [7, 11) is 0. The molecule has 0 spiro atoms. The largest absolute Gasteiger partial charge is 0.338 e. The fraction of sp³-hybridized carbons (Fsp3) is 0.222. The molecule has 0 fully saturated rings. The lowest BCUT2D eigenvalue weighted by molar-refractivity contribution is -0.130. The molecule has 25 heavy (non-hydrogen) atoms. The average molecular weight is 383 g/mol. The first-order chi connectivity index (χ1) is 11.8. The molecule has 132 valence electrons. The number of hydrogen-bond acceptors (Lipinski definition) is 2. The highest BCUT2D eigenvalue weighted by atomic mass is 35.5. The molecule has 0 aliphatic heterocycles. The number of nitrogens with zero attached hydrogens (tertiary/aromatic N) is 1. The summed E-state index contributed by atoms with van der Waals surface area (Å²) in [6.07, 6.45) is 0.0676. The van der Waals surface area contributed by atoms with Crippen LogP contribution in [-0.2, 0) is 16.1 Å². The van der Waals surface area contributed by atoms with E-state index >= 15 is 0 Å². The molecule has 2 aromatic rings. The first-order valence-corrected chi connectivity index (χ1v) is 8.35. The zero-order chi connectivity index (χ0) is 18.4. The Kier molecular flexibility index (Phi) is 6.79. The first kappa shape index (κ1) is 19.2. The van der Waals surface area contributed by atoms with Gasteiger partial charge >= 0.3 is 0 Å². The minimum Gasteiger partial charge on any atom is -0.338 e. The van der Waals surface area contributed by atoms with Crippen LogP contribution in [0.1, 0.15) is 18.9 Å². The van der Waals surface area contributed by atoms with Gasteiger partial charge in [0.05, 0.1) is 0 Å². The summed E-state index contributed by atoms with van der Waals surface area (Å²) in [6.45, 7) is 1.66. The fourth-order valence-corrected chi connectivity index (χ4v) is 2.79. The number of amides is 2. The van der Waals surface area contributed by atoms with Crippen LogP contribution in [0.15, 0.2) is 42.5 Å². The average Bonchev–Trinajstić information content (AvgIpc) is 2.51. The second-order valence-corrected chi connectivity index (χ2v) is 6.36. The molecule has 0 radical (unpaired) electrons. The highest BCUT2D eigenvalue weighted by molar-refractivity contribution is 6.35. The van der Waals surface area contributed by atoms with Gasteiger partial charge in [-0.25, -0.2) is 4.39 Å². The number of carbonyl (C=O) groups excluding carboxylic acids is 2. The van der Waals surface area contributed by atoms with E-state index in [1.54, 1.807) is 36.4 Å². The van der Waals surface area contributed by atoms with Crippen molar-refractivity contribution in [1.29, 1.82) is 0 Å². The van der Waals surface area contributed by atoms with E-state index in [1.807, 2.05) is 0 Å². The highest BCUT2D eigenvalue weighted by Gasteiger charge is 2.14. The van der Waals surface area contributed by atoms with Crippen LogP contribution in [0, 0.1) is 5.82 Å². The standard InChI is InChI=1S/C18H17Cl2FN2O2/c1-12(24)23(11-13-4-2-3-5-17(13)21)7-6-18(25)22-16-9-14(19)8-15(20)10-16/h2-5,8-10H,6-7,11H2,1H3,(H,22,25). The Morgan fingerprint density at radius 3 is 2.36 bits per heavy atom. The molecule has 2 rings (SSSR count). The lowest BCUT2D eigenvalue weighted by Gasteiger charge is -2.21. The van der Waals surface area contributed by atoms with Crippen LogP contribution in [0.3, 0.4) is 0 Å². The predicted molar refractivity (Wildman–Crippen MR) is 97.2 cm³/mol. The minimum absolute atomic E-state index is 0.0676. The Morgan fingerprint density at radius 1 is 1.12 bits per heavy atom. The molecule has 0 aromatic heterocycles. The van der Waals surface area contributed by atoms with Crippen LogP contribution in [0.2, 0.25) is 10.0 Å². The van der Waals surface area contributed by atoms with Gasteiger partial charge in [-0.1, -0.05) is 41.4 Å². The molecule has 2 aromatic carbocycles. The highest BCUT2D eigenvalue weighted by Crippen LogP contribution is 2.22. The van der Waals surface area contributed by atoms with Crippen LogP contribution >= 0.6 is 23.2 Å². The molecule has 0 bridgehead atoms. The number of benzene rings is 2. The second-order valence-electron chi connectivity index (χ2n) is 5.49. The Morgan fingerprint density at radius 2 is 1.76 bits per heavy atom. The molecule has 0 aliphatic rings. The molecule has 0 unspecified atom stereocenters.